The van der Waals surface area contributed by atoms with Crippen molar-refractivity contribution < 1.29 is 4.79 Å². The van der Waals surface area contributed by atoms with Crippen molar-refractivity contribution in [2.24, 2.45) is 0 Å². The molecule has 3 rings (SSSR count). The lowest BCUT2D eigenvalue weighted by molar-refractivity contribution is 0.104. The van der Waals surface area contributed by atoms with Gasteiger partial charge in [0.05, 0.1) is 5.02 Å². The summed E-state index contributed by atoms with van der Waals surface area (Å²) in [5, 5.41) is 2.09. The van der Waals surface area contributed by atoms with E-state index in [4.69, 9.17) is 34.8 Å². The van der Waals surface area contributed by atoms with Crippen LogP contribution in [0, 0.1) is 0 Å². The van der Waals surface area contributed by atoms with Gasteiger partial charge < -0.3 is 4.98 Å². The van der Waals surface area contributed by atoms with Gasteiger partial charge in [0.2, 0.25) is 0 Å². The summed E-state index contributed by atoms with van der Waals surface area (Å²) in [6.45, 7) is 0. The number of carbonyl (C=O) groups is 1. The van der Waals surface area contributed by atoms with Gasteiger partial charge >= 0.3 is 0 Å². The van der Waals surface area contributed by atoms with E-state index in [-0.39, 0.29) is 5.78 Å². The maximum Gasteiger partial charge on any atom is 0.195 e. The summed E-state index contributed by atoms with van der Waals surface area (Å²) in [5.41, 5.74) is 1.69. The van der Waals surface area contributed by atoms with E-state index in [1.54, 1.807) is 36.5 Å². The molecule has 0 fully saturated rings. The van der Waals surface area contributed by atoms with E-state index in [0.29, 0.717) is 31.6 Å². The first-order chi connectivity index (χ1) is 9.95. The van der Waals surface area contributed by atoms with Crippen molar-refractivity contribution in [3.05, 3.63) is 67.2 Å². The van der Waals surface area contributed by atoms with Crippen LogP contribution >= 0.6 is 50.7 Å². The van der Waals surface area contributed by atoms with E-state index in [1.807, 2.05) is 0 Å². The Morgan fingerprint density at radius 3 is 2.43 bits per heavy atom. The Labute approximate surface area is 144 Å². The number of aromatic amines is 1. The number of ketones is 1. The van der Waals surface area contributed by atoms with Gasteiger partial charge in [0.15, 0.2) is 5.78 Å². The molecule has 0 saturated carbocycles. The third kappa shape index (κ3) is 2.84. The number of carbonyl (C=O) groups excluding carboxylic acids is 1. The fourth-order valence-electron chi connectivity index (χ4n) is 2.20. The van der Waals surface area contributed by atoms with Gasteiger partial charge in [0.1, 0.15) is 0 Å². The molecule has 0 atom stereocenters. The number of hydrogen-bond acceptors (Lipinski definition) is 1. The Morgan fingerprint density at radius 1 is 1.00 bits per heavy atom. The Bertz CT molecular complexity index is 852. The number of nitrogens with one attached hydrogen (secondary N) is 1. The van der Waals surface area contributed by atoms with Crippen LogP contribution in [0.3, 0.4) is 0 Å². The molecule has 2 nitrogen and oxygen atoms in total. The lowest BCUT2D eigenvalue weighted by Crippen LogP contribution is -2.00. The molecule has 1 N–H and O–H groups in total. The molecule has 1 heterocycles. The van der Waals surface area contributed by atoms with Crippen LogP contribution in [0.5, 0.6) is 0 Å². The van der Waals surface area contributed by atoms with E-state index in [1.165, 1.54) is 0 Å². The maximum atomic E-state index is 12.7. The monoisotopic (exact) mass is 401 g/mol. The number of fused-ring (bicyclic) bond motifs is 1. The second-order valence-electron chi connectivity index (χ2n) is 4.50. The number of benzene rings is 2. The minimum Gasteiger partial charge on any atom is -0.360 e. The molecule has 0 unspecified atom stereocenters. The topological polar surface area (TPSA) is 32.9 Å². The van der Waals surface area contributed by atoms with Crippen LogP contribution in [0.15, 0.2) is 41.0 Å². The van der Waals surface area contributed by atoms with Crippen molar-refractivity contribution in [2.75, 3.05) is 0 Å². The van der Waals surface area contributed by atoms with E-state index >= 15 is 0 Å². The molecule has 21 heavy (non-hydrogen) atoms. The van der Waals surface area contributed by atoms with Crippen LogP contribution in [0.4, 0.5) is 0 Å². The van der Waals surface area contributed by atoms with Gasteiger partial charge in [0, 0.05) is 42.7 Å². The molecular weight excluding hydrogens is 396 g/mol. The van der Waals surface area contributed by atoms with Crippen molar-refractivity contribution in [2.45, 2.75) is 0 Å². The van der Waals surface area contributed by atoms with E-state index in [9.17, 15) is 4.79 Å². The normalized spacial score (nSPS) is 11.0. The molecule has 1 aromatic heterocycles. The highest BCUT2D eigenvalue weighted by atomic mass is 79.9. The van der Waals surface area contributed by atoms with Crippen LogP contribution in [-0.2, 0) is 0 Å². The number of hydrogen-bond donors (Lipinski definition) is 1. The molecule has 0 aliphatic heterocycles. The fraction of sp³-hybridized carbons (Fsp3) is 0. The SMILES string of the molecule is O=C(c1cc(Cl)cc(Br)c1)c1c[nH]c2cc(Cl)cc(Cl)c12. The number of aromatic nitrogens is 1. The summed E-state index contributed by atoms with van der Waals surface area (Å²) < 4.78 is 0.743. The van der Waals surface area contributed by atoms with Crippen LogP contribution in [0.1, 0.15) is 15.9 Å². The number of rotatable bonds is 2. The molecule has 0 spiro atoms. The molecule has 0 aliphatic rings. The molecular formula is C15H7BrCl3NO. The quantitative estimate of drug-likeness (QED) is 0.514. The van der Waals surface area contributed by atoms with E-state index in [0.717, 1.165) is 9.99 Å². The molecule has 0 radical (unpaired) electrons. The zero-order valence-corrected chi connectivity index (χ0v) is 14.2. The average Bonchev–Trinajstić information content (AvgIpc) is 2.80. The molecule has 6 heteroatoms. The average molecular weight is 403 g/mol. The molecule has 0 bridgehead atoms. The van der Waals surface area contributed by atoms with Gasteiger partial charge in [-0.25, -0.2) is 0 Å². The third-order valence-corrected chi connectivity index (χ3v) is 4.26. The van der Waals surface area contributed by atoms with Crippen molar-refractivity contribution in [1.82, 2.24) is 4.98 Å². The summed E-state index contributed by atoms with van der Waals surface area (Å²) >= 11 is 21.5. The van der Waals surface area contributed by atoms with Crippen LogP contribution in [0.25, 0.3) is 10.9 Å². The van der Waals surface area contributed by atoms with Gasteiger partial charge in [0.25, 0.3) is 0 Å². The van der Waals surface area contributed by atoms with Gasteiger partial charge in [-0.05, 0) is 30.3 Å². The first-order valence-electron chi connectivity index (χ1n) is 5.92. The molecule has 3 aromatic rings. The highest BCUT2D eigenvalue weighted by molar-refractivity contribution is 9.10. The zero-order valence-electron chi connectivity index (χ0n) is 10.4. The number of H-pyrrole nitrogens is 1. The Balaban J connectivity index is 2.18. The summed E-state index contributed by atoms with van der Waals surface area (Å²) in [6.07, 6.45) is 1.63. The minimum atomic E-state index is -0.159. The van der Waals surface area contributed by atoms with Gasteiger partial charge in [-0.15, -0.1) is 0 Å². The minimum absolute atomic E-state index is 0.159. The standard InChI is InChI=1S/C15H7BrCl3NO/c16-8-1-7(2-9(17)3-8)15(21)11-6-20-13-5-10(18)4-12(19)14(11)13/h1-6,20H. The first-order valence-corrected chi connectivity index (χ1v) is 7.85. The van der Waals surface area contributed by atoms with Crippen molar-refractivity contribution in [1.29, 1.82) is 0 Å². The van der Waals surface area contributed by atoms with Crippen LogP contribution in [-0.4, -0.2) is 10.8 Å². The summed E-state index contributed by atoms with van der Waals surface area (Å²) in [5.74, 6) is -0.159. The molecule has 0 amide bonds. The van der Waals surface area contributed by atoms with Crippen LogP contribution in [0.2, 0.25) is 15.1 Å². The predicted octanol–water partition coefficient (Wildman–Crippen LogP) is 6.12. The predicted molar refractivity (Wildman–Crippen MR) is 90.9 cm³/mol. The molecule has 0 saturated heterocycles. The Morgan fingerprint density at radius 2 is 1.71 bits per heavy atom. The van der Waals surface area contributed by atoms with Crippen molar-refractivity contribution in [3.8, 4) is 0 Å². The highest BCUT2D eigenvalue weighted by Gasteiger charge is 2.17. The number of halogens is 4. The second kappa shape index (κ2) is 5.65. The van der Waals surface area contributed by atoms with Crippen molar-refractivity contribution >= 4 is 67.4 Å². The lowest BCUT2D eigenvalue weighted by Gasteiger charge is -2.03. The maximum absolute atomic E-state index is 12.7. The smallest absolute Gasteiger partial charge is 0.195 e. The molecule has 2 aromatic carbocycles. The summed E-state index contributed by atoms with van der Waals surface area (Å²) in [4.78, 5) is 15.7. The Kier molecular flexibility index (Phi) is 4.02. The Hall–Kier alpha value is -1.000. The molecule has 106 valence electrons. The third-order valence-electron chi connectivity index (χ3n) is 3.07. The van der Waals surface area contributed by atoms with Crippen molar-refractivity contribution in [3.63, 3.8) is 0 Å². The summed E-state index contributed by atoms with van der Waals surface area (Å²) in [6, 6.07) is 8.41. The van der Waals surface area contributed by atoms with E-state index in [2.05, 4.69) is 20.9 Å². The lowest BCUT2D eigenvalue weighted by atomic mass is 10.0. The van der Waals surface area contributed by atoms with Gasteiger partial charge in [-0.3, -0.25) is 4.79 Å². The first kappa shape index (κ1) is 14.9. The highest BCUT2D eigenvalue weighted by Crippen LogP contribution is 2.32. The van der Waals surface area contributed by atoms with Gasteiger partial charge in [-0.2, -0.15) is 0 Å². The summed E-state index contributed by atoms with van der Waals surface area (Å²) in [7, 11) is 0. The fourth-order valence-corrected chi connectivity index (χ4v) is 3.66. The molecule has 0 aliphatic carbocycles. The van der Waals surface area contributed by atoms with Crippen LogP contribution < -0.4 is 0 Å². The zero-order chi connectivity index (χ0) is 15.1. The second-order valence-corrected chi connectivity index (χ2v) is 6.70. The largest absolute Gasteiger partial charge is 0.360 e. The van der Waals surface area contributed by atoms with E-state index < -0.39 is 0 Å². The van der Waals surface area contributed by atoms with Gasteiger partial charge in [-0.1, -0.05) is 50.7 Å².